The summed E-state index contributed by atoms with van der Waals surface area (Å²) in [4.78, 5) is 4.14. The second-order valence-corrected chi connectivity index (χ2v) is 2.03. The molecule has 0 N–H and O–H groups in total. The minimum atomic E-state index is 0.856. The van der Waals surface area contributed by atoms with E-state index in [0.29, 0.717) is 0 Å². The molecule has 0 atom stereocenters. The summed E-state index contributed by atoms with van der Waals surface area (Å²) >= 11 is 0. The zero-order chi connectivity index (χ0) is 8.36. The summed E-state index contributed by atoms with van der Waals surface area (Å²) in [6.07, 6.45) is 12.5. The Labute approximate surface area is 68.9 Å². The van der Waals surface area contributed by atoms with Gasteiger partial charge < -0.3 is 0 Å². The maximum absolute atomic E-state index is 4.14. The van der Waals surface area contributed by atoms with Crippen LogP contribution in [0.15, 0.2) is 42.0 Å². The van der Waals surface area contributed by atoms with Crippen LogP contribution in [0.5, 0.6) is 0 Å². The lowest BCUT2D eigenvalue weighted by atomic mass is 10.4. The predicted molar refractivity (Wildman–Crippen MR) is 52.1 cm³/mol. The van der Waals surface area contributed by atoms with Gasteiger partial charge in [-0.3, -0.25) is 4.99 Å². The van der Waals surface area contributed by atoms with Gasteiger partial charge in [0.1, 0.15) is 0 Å². The highest BCUT2D eigenvalue weighted by molar-refractivity contribution is 5.70. The monoisotopic (exact) mass is 149 g/mol. The summed E-state index contributed by atoms with van der Waals surface area (Å²) in [5.41, 5.74) is 0. The second kappa shape index (κ2) is 8.89. The molecule has 0 aliphatic carbocycles. The van der Waals surface area contributed by atoms with Crippen molar-refractivity contribution in [1.82, 2.24) is 0 Å². The van der Waals surface area contributed by atoms with Crippen molar-refractivity contribution in [3.63, 3.8) is 0 Å². The average molecular weight is 149 g/mol. The van der Waals surface area contributed by atoms with Gasteiger partial charge in [-0.2, -0.15) is 0 Å². The summed E-state index contributed by atoms with van der Waals surface area (Å²) in [5.74, 6) is 0. The molecule has 1 heteroatoms. The van der Waals surface area contributed by atoms with Crippen molar-refractivity contribution in [1.29, 1.82) is 0 Å². The maximum atomic E-state index is 4.14. The van der Waals surface area contributed by atoms with Gasteiger partial charge in [-0.1, -0.05) is 30.9 Å². The van der Waals surface area contributed by atoms with Crippen LogP contribution < -0.4 is 0 Å². The van der Waals surface area contributed by atoms with Crippen molar-refractivity contribution in [2.45, 2.75) is 13.3 Å². The zero-order valence-corrected chi connectivity index (χ0v) is 7.03. The molecule has 0 amide bonds. The Bertz CT molecular complexity index is 164. The van der Waals surface area contributed by atoms with Crippen LogP contribution in [0.3, 0.4) is 0 Å². The third-order valence-corrected chi connectivity index (χ3v) is 1.08. The number of hydrogen-bond donors (Lipinski definition) is 0. The van der Waals surface area contributed by atoms with Gasteiger partial charge in [-0.15, -0.1) is 0 Å². The fraction of sp³-hybridized carbons (Fsp3) is 0.300. The molecular weight excluding hydrogens is 134 g/mol. The Morgan fingerprint density at radius 1 is 1.36 bits per heavy atom. The van der Waals surface area contributed by atoms with Crippen LogP contribution in [0.2, 0.25) is 0 Å². The largest absolute Gasteiger partial charge is 0.293 e. The predicted octanol–water partition coefficient (Wildman–Crippen LogP) is 2.77. The number of hydrogen-bond acceptors (Lipinski definition) is 1. The summed E-state index contributed by atoms with van der Waals surface area (Å²) in [7, 11) is 0. The highest BCUT2D eigenvalue weighted by Gasteiger charge is 1.72. The molecule has 11 heavy (non-hydrogen) atoms. The van der Waals surface area contributed by atoms with E-state index in [1.54, 1.807) is 6.08 Å². The number of rotatable bonds is 5. The molecule has 0 heterocycles. The fourth-order valence-electron chi connectivity index (χ4n) is 0.563. The number of allylic oxidation sites excluding steroid dienone is 4. The van der Waals surface area contributed by atoms with Gasteiger partial charge in [-0.25, -0.2) is 0 Å². The normalized spacial score (nSPS) is 12.1. The van der Waals surface area contributed by atoms with Crippen molar-refractivity contribution in [3.05, 3.63) is 37.0 Å². The third-order valence-electron chi connectivity index (χ3n) is 1.08. The van der Waals surface area contributed by atoms with Crippen LogP contribution >= 0.6 is 0 Å². The third kappa shape index (κ3) is 8.89. The van der Waals surface area contributed by atoms with Crippen molar-refractivity contribution in [3.8, 4) is 0 Å². The van der Waals surface area contributed by atoms with Crippen molar-refractivity contribution in [2.24, 2.45) is 4.99 Å². The Kier molecular flexibility index (Phi) is 7.99. The molecule has 0 saturated heterocycles. The summed E-state index contributed by atoms with van der Waals surface area (Å²) in [6.45, 7) is 6.40. The maximum Gasteiger partial charge on any atom is 0.0423 e. The van der Waals surface area contributed by atoms with Crippen LogP contribution in [0.4, 0.5) is 0 Å². The van der Waals surface area contributed by atoms with Gasteiger partial charge in [0.05, 0.1) is 0 Å². The smallest absolute Gasteiger partial charge is 0.0423 e. The Hall–Kier alpha value is -1.11. The van der Waals surface area contributed by atoms with E-state index in [1.165, 1.54) is 0 Å². The van der Waals surface area contributed by atoms with Gasteiger partial charge >= 0.3 is 0 Å². The lowest BCUT2D eigenvalue weighted by Gasteiger charge is -1.83. The van der Waals surface area contributed by atoms with E-state index in [4.69, 9.17) is 0 Å². The van der Waals surface area contributed by atoms with Gasteiger partial charge in [0, 0.05) is 12.8 Å². The van der Waals surface area contributed by atoms with Crippen LogP contribution in [-0.4, -0.2) is 12.8 Å². The standard InChI is InChI=1S/C10H15N/c1-3-5-7-8-10-11-9-6-4-2/h3-7,9H,1,8,10H2,2H3/b6-4-,7-5+,11-9?. The molecule has 0 aliphatic rings. The summed E-state index contributed by atoms with van der Waals surface area (Å²) < 4.78 is 0. The van der Waals surface area contributed by atoms with E-state index in [9.17, 15) is 0 Å². The van der Waals surface area contributed by atoms with E-state index in [-0.39, 0.29) is 0 Å². The molecule has 1 nitrogen and oxygen atoms in total. The Morgan fingerprint density at radius 3 is 2.82 bits per heavy atom. The molecule has 0 radical (unpaired) electrons. The molecule has 0 aromatic heterocycles. The van der Waals surface area contributed by atoms with Gasteiger partial charge in [0.2, 0.25) is 0 Å². The molecule has 0 fully saturated rings. The molecule has 0 saturated carbocycles. The molecule has 0 aromatic rings. The first kappa shape index (κ1) is 9.89. The van der Waals surface area contributed by atoms with Crippen LogP contribution in [-0.2, 0) is 0 Å². The zero-order valence-electron chi connectivity index (χ0n) is 7.03. The van der Waals surface area contributed by atoms with Gasteiger partial charge in [0.15, 0.2) is 0 Å². The summed E-state index contributed by atoms with van der Waals surface area (Å²) in [5, 5.41) is 0. The van der Waals surface area contributed by atoms with E-state index in [2.05, 4.69) is 17.6 Å². The number of aliphatic imine (C=N–C) groups is 1. The van der Waals surface area contributed by atoms with E-state index < -0.39 is 0 Å². The van der Waals surface area contributed by atoms with Crippen molar-refractivity contribution in [2.75, 3.05) is 6.54 Å². The van der Waals surface area contributed by atoms with Crippen LogP contribution in [0.1, 0.15) is 13.3 Å². The minimum Gasteiger partial charge on any atom is -0.293 e. The first-order valence-electron chi connectivity index (χ1n) is 3.80. The molecular formula is C10H15N. The van der Waals surface area contributed by atoms with Gasteiger partial charge in [0.25, 0.3) is 0 Å². The molecule has 0 spiro atoms. The van der Waals surface area contributed by atoms with E-state index in [1.807, 2.05) is 31.4 Å². The molecule has 0 unspecified atom stereocenters. The average Bonchev–Trinajstić information content (AvgIpc) is 2.03. The Morgan fingerprint density at radius 2 is 2.18 bits per heavy atom. The topological polar surface area (TPSA) is 12.4 Å². The quantitative estimate of drug-likeness (QED) is 0.324. The lowest BCUT2D eigenvalue weighted by Crippen LogP contribution is -1.75. The molecule has 60 valence electrons. The Balaban J connectivity index is 3.26. The SMILES string of the molecule is C=C/C=C/CCN=C/C=C\C. The fourth-order valence-corrected chi connectivity index (χ4v) is 0.563. The second-order valence-electron chi connectivity index (χ2n) is 2.03. The molecule has 0 aromatic carbocycles. The molecule has 0 rings (SSSR count). The molecule has 0 aliphatic heterocycles. The van der Waals surface area contributed by atoms with Crippen molar-refractivity contribution < 1.29 is 0 Å². The van der Waals surface area contributed by atoms with Gasteiger partial charge in [-0.05, 0) is 19.4 Å². The van der Waals surface area contributed by atoms with E-state index in [0.717, 1.165) is 13.0 Å². The molecule has 0 bridgehead atoms. The minimum absolute atomic E-state index is 0.856. The van der Waals surface area contributed by atoms with E-state index >= 15 is 0 Å². The highest BCUT2D eigenvalue weighted by Crippen LogP contribution is 1.83. The van der Waals surface area contributed by atoms with Crippen molar-refractivity contribution >= 4 is 6.21 Å². The first-order valence-corrected chi connectivity index (χ1v) is 3.80. The number of nitrogens with zero attached hydrogens (tertiary/aromatic N) is 1. The lowest BCUT2D eigenvalue weighted by molar-refractivity contribution is 1.01. The first-order chi connectivity index (χ1) is 5.41. The van der Waals surface area contributed by atoms with Crippen LogP contribution in [0.25, 0.3) is 0 Å². The van der Waals surface area contributed by atoms with Crippen LogP contribution in [0, 0.1) is 0 Å². The summed E-state index contributed by atoms with van der Waals surface area (Å²) in [6, 6.07) is 0. The highest BCUT2D eigenvalue weighted by atomic mass is 14.7.